The van der Waals surface area contributed by atoms with Crippen molar-refractivity contribution in [2.45, 2.75) is 5.41 Å². The van der Waals surface area contributed by atoms with Gasteiger partial charge in [0.25, 0.3) is 0 Å². The molecular formula is C65H42N2. The Bertz CT molecular complexity index is 3890. The van der Waals surface area contributed by atoms with Crippen LogP contribution < -0.4 is 4.90 Å². The maximum Gasteiger partial charge on any atom is 0.0732 e. The van der Waals surface area contributed by atoms with Gasteiger partial charge in [0, 0.05) is 33.5 Å². The van der Waals surface area contributed by atoms with E-state index in [-0.39, 0.29) is 0 Å². The van der Waals surface area contributed by atoms with Crippen LogP contribution >= 0.6 is 0 Å². The molecule has 0 fully saturated rings. The van der Waals surface area contributed by atoms with Crippen molar-refractivity contribution in [3.05, 3.63) is 277 Å². The molecule has 2 aliphatic rings. The smallest absolute Gasteiger partial charge is 0.0732 e. The standard InChI is InChI=1S/C65H42N2/c1-3-15-43(16-4-1)44-27-33-49(34-28-44)66(50-35-29-45(30-36-50)47-32-40-63-58(41-47)56-23-11-14-26-62(56)67(63)48-18-5-2-6-19-48)51-37-39-55-53-21-9-12-24-59(53)65(61(55)42-51)60-25-13-10-22-54(60)57-38-31-46-17-7-8-20-52(46)64(57)65/h1-42H. The first-order valence-electron chi connectivity index (χ1n) is 23.3. The van der Waals surface area contributed by atoms with Gasteiger partial charge in [0.15, 0.2) is 0 Å². The van der Waals surface area contributed by atoms with E-state index in [1.165, 1.54) is 105 Å². The predicted molar refractivity (Wildman–Crippen MR) is 280 cm³/mol. The minimum atomic E-state index is -0.496. The average Bonchev–Trinajstić information content (AvgIpc) is 4.01. The number of fused-ring (bicyclic) bond motifs is 15. The van der Waals surface area contributed by atoms with Gasteiger partial charge in [0.05, 0.1) is 16.4 Å². The highest BCUT2D eigenvalue weighted by molar-refractivity contribution is 6.10. The summed E-state index contributed by atoms with van der Waals surface area (Å²) >= 11 is 0. The Balaban J connectivity index is 0.948. The molecule has 0 amide bonds. The summed E-state index contributed by atoms with van der Waals surface area (Å²) in [5.74, 6) is 0. The van der Waals surface area contributed by atoms with E-state index in [9.17, 15) is 0 Å². The highest BCUT2D eigenvalue weighted by Crippen LogP contribution is 2.64. The molecule has 0 saturated heterocycles. The third kappa shape index (κ3) is 5.51. The van der Waals surface area contributed by atoms with Crippen LogP contribution in [-0.2, 0) is 5.41 Å². The van der Waals surface area contributed by atoms with Crippen LogP contribution in [0.2, 0.25) is 0 Å². The van der Waals surface area contributed by atoms with E-state index in [4.69, 9.17) is 0 Å². The van der Waals surface area contributed by atoms with E-state index in [1.807, 2.05) is 0 Å². The third-order valence-corrected chi connectivity index (χ3v) is 14.6. The first-order valence-corrected chi connectivity index (χ1v) is 23.3. The summed E-state index contributed by atoms with van der Waals surface area (Å²) in [5, 5.41) is 5.06. The summed E-state index contributed by atoms with van der Waals surface area (Å²) < 4.78 is 2.38. The summed E-state index contributed by atoms with van der Waals surface area (Å²) in [6, 6.07) is 94.3. The zero-order valence-corrected chi connectivity index (χ0v) is 36.6. The number of para-hydroxylation sites is 2. The Labute approximate surface area is 389 Å². The summed E-state index contributed by atoms with van der Waals surface area (Å²) in [6.45, 7) is 0. The second-order valence-corrected chi connectivity index (χ2v) is 18.0. The maximum atomic E-state index is 2.50. The molecule has 1 aromatic heterocycles. The average molecular weight is 851 g/mol. The highest BCUT2D eigenvalue weighted by Gasteiger charge is 2.52. The van der Waals surface area contributed by atoms with Crippen LogP contribution in [0.25, 0.3) is 82.8 Å². The Kier molecular flexibility index (Phi) is 8.23. The molecule has 0 bridgehead atoms. The molecule has 14 rings (SSSR count). The molecule has 0 radical (unpaired) electrons. The van der Waals surface area contributed by atoms with Crippen molar-refractivity contribution in [3.63, 3.8) is 0 Å². The van der Waals surface area contributed by atoms with Crippen molar-refractivity contribution in [3.8, 4) is 50.2 Å². The fourth-order valence-electron chi connectivity index (χ4n) is 11.7. The first kappa shape index (κ1) is 37.6. The molecule has 0 aliphatic heterocycles. The fraction of sp³-hybridized carbons (Fsp3) is 0.0154. The number of benzene rings is 11. The van der Waals surface area contributed by atoms with Crippen molar-refractivity contribution in [2.24, 2.45) is 0 Å². The molecule has 2 nitrogen and oxygen atoms in total. The Morgan fingerprint density at radius 2 is 0.806 bits per heavy atom. The lowest BCUT2D eigenvalue weighted by molar-refractivity contribution is 0.801. The topological polar surface area (TPSA) is 8.17 Å². The molecule has 2 heteroatoms. The molecule has 11 aromatic carbocycles. The van der Waals surface area contributed by atoms with Gasteiger partial charge in [-0.25, -0.2) is 0 Å². The summed E-state index contributed by atoms with van der Waals surface area (Å²) in [6.07, 6.45) is 0. The van der Waals surface area contributed by atoms with Gasteiger partial charge in [-0.2, -0.15) is 0 Å². The normalized spacial score (nSPS) is 14.3. The van der Waals surface area contributed by atoms with Crippen LogP contribution in [0.3, 0.4) is 0 Å². The number of anilines is 3. The number of nitrogens with zero attached hydrogens (tertiary/aromatic N) is 2. The SMILES string of the molecule is c1ccc(-c2ccc(N(c3ccc(-c4ccc5c(c4)c4ccccc4n5-c4ccccc4)cc3)c3ccc4c(c3)C3(c5ccccc5-4)c4ccccc4-c4ccc5ccccc5c43)cc2)cc1. The molecule has 67 heavy (non-hydrogen) atoms. The molecule has 1 unspecified atom stereocenters. The second kappa shape index (κ2) is 14.7. The van der Waals surface area contributed by atoms with Crippen LogP contribution in [0.15, 0.2) is 255 Å². The van der Waals surface area contributed by atoms with Crippen molar-refractivity contribution in [2.75, 3.05) is 4.90 Å². The van der Waals surface area contributed by atoms with Gasteiger partial charge >= 0.3 is 0 Å². The second-order valence-electron chi connectivity index (χ2n) is 18.0. The lowest BCUT2D eigenvalue weighted by atomic mass is 9.69. The van der Waals surface area contributed by atoms with Crippen LogP contribution in [0.5, 0.6) is 0 Å². The zero-order chi connectivity index (χ0) is 44.1. The van der Waals surface area contributed by atoms with Gasteiger partial charge in [-0.1, -0.05) is 188 Å². The van der Waals surface area contributed by atoms with Crippen LogP contribution in [-0.4, -0.2) is 4.57 Å². The Morgan fingerprint density at radius 1 is 0.299 bits per heavy atom. The fourth-order valence-corrected chi connectivity index (χ4v) is 11.7. The summed E-state index contributed by atoms with van der Waals surface area (Å²) in [7, 11) is 0. The molecule has 1 atom stereocenters. The largest absolute Gasteiger partial charge is 0.310 e. The molecule has 1 heterocycles. The quantitative estimate of drug-likeness (QED) is 0.162. The van der Waals surface area contributed by atoms with Gasteiger partial charge in [-0.05, 0) is 144 Å². The van der Waals surface area contributed by atoms with E-state index in [0.29, 0.717) is 0 Å². The van der Waals surface area contributed by atoms with Crippen LogP contribution in [0.4, 0.5) is 17.1 Å². The molecule has 2 aliphatic carbocycles. The Hall–Kier alpha value is -8.72. The van der Waals surface area contributed by atoms with E-state index >= 15 is 0 Å². The van der Waals surface area contributed by atoms with E-state index in [0.717, 1.165) is 17.1 Å². The van der Waals surface area contributed by atoms with Gasteiger partial charge in [0.1, 0.15) is 0 Å². The van der Waals surface area contributed by atoms with Crippen molar-refractivity contribution < 1.29 is 0 Å². The molecular weight excluding hydrogens is 809 g/mol. The first-order chi connectivity index (χ1) is 33.2. The Morgan fingerprint density at radius 3 is 1.54 bits per heavy atom. The lowest BCUT2D eigenvalue weighted by Crippen LogP contribution is -2.26. The van der Waals surface area contributed by atoms with Gasteiger partial charge < -0.3 is 9.47 Å². The van der Waals surface area contributed by atoms with Gasteiger partial charge in [0.2, 0.25) is 0 Å². The molecule has 1 spiro atoms. The van der Waals surface area contributed by atoms with Crippen molar-refractivity contribution in [1.82, 2.24) is 4.57 Å². The summed E-state index contributed by atoms with van der Waals surface area (Å²) in [4.78, 5) is 2.44. The van der Waals surface area contributed by atoms with Crippen LogP contribution in [0, 0.1) is 0 Å². The van der Waals surface area contributed by atoms with E-state index in [2.05, 4.69) is 264 Å². The zero-order valence-electron chi connectivity index (χ0n) is 36.6. The number of hydrogen-bond acceptors (Lipinski definition) is 1. The highest BCUT2D eigenvalue weighted by atomic mass is 15.1. The van der Waals surface area contributed by atoms with E-state index < -0.39 is 5.41 Å². The predicted octanol–water partition coefficient (Wildman–Crippen LogP) is 17.1. The van der Waals surface area contributed by atoms with Crippen LogP contribution in [0.1, 0.15) is 22.3 Å². The minimum absolute atomic E-state index is 0.496. The number of aromatic nitrogens is 1. The van der Waals surface area contributed by atoms with Crippen molar-refractivity contribution in [1.29, 1.82) is 0 Å². The lowest BCUT2D eigenvalue weighted by Gasteiger charge is -2.33. The molecule has 0 N–H and O–H groups in total. The molecule has 12 aromatic rings. The summed E-state index contributed by atoms with van der Waals surface area (Å²) in [5.41, 5.74) is 21.8. The minimum Gasteiger partial charge on any atom is -0.310 e. The maximum absolute atomic E-state index is 2.50. The molecule has 0 saturated carbocycles. The monoisotopic (exact) mass is 850 g/mol. The third-order valence-electron chi connectivity index (χ3n) is 14.6. The molecule has 312 valence electrons. The van der Waals surface area contributed by atoms with Gasteiger partial charge in [-0.15, -0.1) is 0 Å². The number of hydrogen-bond donors (Lipinski definition) is 0. The van der Waals surface area contributed by atoms with Gasteiger partial charge in [-0.3, -0.25) is 0 Å². The van der Waals surface area contributed by atoms with Crippen molar-refractivity contribution >= 4 is 49.6 Å². The van der Waals surface area contributed by atoms with E-state index in [1.54, 1.807) is 0 Å². The number of rotatable bonds is 6.